The van der Waals surface area contributed by atoms with E-state index < -0.39 is 0 Å². The van der Waals surface area contributed by atoms with E-state index in [1.54, 1.807) is 18.7 Å². The highest BCUT2D eigenvalue weighted by atomic mass is 16.4. The van der Waals surface area contributed by atoms with Gasteiger partial charge in [0, 0.05) is 25.7 Å². The topological polar surface area (TPSA) is 72.4 Å². The average molecular weight is 271 g/mol. The lowest BCUT2D eigenvalue weighted by atomic mass is 9.99. The number of fused-ring (bicyclic) bond motifs is 1. The summed E-state index contributed by atoms with van der Waals surface area (Å²) in [6.45, 7) is 4.79. The third kappa shape index (κ3) is 2.15. The van der Waals surface area contributed by atoms with Crippen LogP contribution in [-0.4, -0.2) is 22.3 Å². The number of carbonyl (C=O) groups excluding carboxylic acids is 1. The van der Waals surface area contributed by atoms with Gasteiger partial charge in [0.05, 0.1) is 5.69 Å². The van der Waals surface area contributed by atoms with Gasteiger partial charge in [0.2, 0.25) is 5.76 Å². The molecule has 0 spiro atoms. The van der Waals surface area contributed by atoms with Gasteiger partial charge in [0.1, 0.15) is 0 Å². The highest BCUT2D eigenvalue weighted by molar-refractivity contribution is 5.92. The Kier molecular flexibility index (Phi) is 2.97. The zero-order valence-electron chi connectivity index (χ0n) is 11.6. The van der Waals surface area contributed by atoms with Gasteiger partial charge in [-0.25, -0.2) is 4.98 Å². The van der Waals surface area contributed by atoms with Crippen molar-refractivity contribution in [2.75, 3.05) is 12.3 Å². The van der Waals surface area contributed by atoms with Crippen molar-refractivity contribution in [3.63, 3.8) is 0 Å². The van der Waals surface area contributed by atoms with Gasteiger partial charge >= 0.3 is 0 Å². The highest BCUT2D eigenvalue weighted by Gasteiger charge is 2.26. The summed E-state index contributed by atoms with van der Waals surface area (Å²) >= 11 is 0. The molecule has 5 nitrogen and oxygen atoms in total. The number of nitrogens with zero attached hydrogens (tertiary/aromatic N) is 2. The van der Waals surface area contributed by atoms with Crippen LogP contribution in [0.5, 0.6) is 0 Å². The van der Waals surface area contributed by atoms with Gasteiger partial charge in [-0.05, 0) is 36.6 Å². The van der Waals surface area contributed by atoms with Crippen LogP contribution >= 0.6 is 0 Å². The fraction of sp³-hybridized carbons (Fsp3) is 0.333. The van der Waals surface area contributed by atoms with E-state index in [-0.39, 0.29) is 5.91 Å². The highest BCUT2D eigenvalue weighted by Crippen LogP contribution is 2.23. The predicted octanol–water partition coefficient (Wildman–Crippen LogP) is 2.07. The van der Waals surface area contributed by atoms with Crippen molar-refractivity contribution >= 4 is 11.6 Å². The standard InChI is InChI=1S/C15H17N3O2/c1-9-14(20-10(2)17-9)15(19)18-6-5-11-3-4-13(16)7-12(11)8-18/h3-4,7H,5-6,8,16H2,1-2H3. The van der Waals surface area contributed by atoms with Crippen molar-refractivity contribution in [3.05, 3.63) is 46.7 Å². The first-order chi connectivity index (χ1) is 9.54. The number of carbonyl (C=O) groups is 1. The number of oxazole rings is 1. The molecule has 1 aliphatic heterocycles. The minimum atomic E-state index is -0.101. The molecule has 20 heavy (non-hydrogen) atoms. The molecular formula is C15H17N3O2. The number of aryl methyl sites for hydroxylation is 2. The summed E-state index contributed by atoms with van der Waals surface area (Å²) < 4.78 is 5.41. The molecule has 0 saturated heterocycles. The Morgan fingerprint density at radius 1 is 1.35 bits per heavy atom. The van der Waals surface area contributed by atoms with E-state index >= 15 is 0 Å². The Morgan fingerprint density at radius 3 is 2.85 bits per heavy atom. The van der Waals surface area contributed by atoms with Gasteiger partial charge in [0.25, 0.3) is 5.91 Å². The lowest BCUT2D eigenvalue weighted by Crippen LogP contribution is -2.36. The number of rotatable bonds is 1. The first kappa shape index (κ1) is 12.7. The van der Waals surface area contributed by atoms with E-state index in [2.05, 4.69) is 4.98 Å². The van der Waals surface area contributed by atoms with E-state index in [1.165, 1.54) is 5.56 Å². The van der Waals surface area contributed by atoms with Crippen LogP contribution in [-0.2, 0) is 13.0 Å². The first-order valence-electron chi connectivity index (χ1n) is 6.65. The van der Waals surface area contributed by atoms with Crippen LogP contribution in [0.25, 0.3) is 0 Å². The largest absolute Gasteiger partial charge is 0.436 e. The number of aromatic nitrogens is 1. The SMILES string of the molecule is Cc1nc(C)c(C(=O)N2CCc3ccc(N)cc3C2)o1. The van der Waals surface area contributed by atoms with E-state index in [4.69, 9.17) is 10.2 Å². The molecule has 3 rings (SSSR count). The van der Waals surface area contributed by atoms with Crippen LogP contribution in [0, 0.1) is 13.8 Å². The molecule has 0 radical (unpaired) electrons. The minimum Gasteiger partial charge on any atom is -0.436 e. The van der Waals surface area contributed by atoms with Crippen LogP contribution in [0.4, 0.5) is 5.69 Å². The fourth-order valence-electron chi connectivity index (χ4n) is 2.62. The van der Waals surface area contributed by atoms with E-state index in [9.17, 15) is 4.79 Å². The lowest BCUT2D eigenvalue weighted by molar-refractivity contribution is 0.0700. The number of hydrogen-bond donors (Lipinski definition) is 1. The number of hydrogen-bond acceptors (Lipinski definition) is 4. The molecule has 0 unspecified atom stereocenters. The molecule has 0 atom stereocenters. The predicted molar refractivity (Wildman–Crippen MR) is 75.3 cm³/mol. The van der Waals surface area contributed by atoms with Gasteiger partial charge < -0.3 is 15.1 Å². The first-order valence-corrected chi connectivity index (χ1v) is 6.65. The quantitative estimate of drug-likeness (QED) is 0.806. The number of anilines is 1. The van der Waals surface area contributed by atoms with Crippen LogP contribution in [0.1, 0.15) is 33.3 Å². The Labute approximate surface area is 117 Å². The third-order valence-corrected chi connectivity index (χ3v) is 3.63. The summed E-state index contributed by atoms with van der Waals surface area (Å²) in [4.78, 5) is 18.4. The van der Waals surface area contributed by atoms with E-state index in [1.807, 2.05) is 18.2 Å². The Morgan fingerprint density at radius 2 is 2.15 bits per heavy atom. The number of nitrogens with two attached hydrogens (primary N) is 1. The summed E-state index contributed by atoms with van der Waals surface area (Å²) in [5.41, 5.74) is 9.55. The number of nitrogen functional groups attached to an aromatic ring is 1. The molecule has 0 bridgehead atoms. The van der Waals surface area contributed by atoms with E-state index in [0.717, 1.165) is 17.7 Å². The van der Waals surface area contributed by atoms with Gasteiger partial charge in [-0.1, -0.05) is 6.07 Å². The number of amides is 1. The Balaban J connectivity index is 1.86. The summed E-state index contributed by atoms with van der Waals surface area (Å²) in [6.07, 6.45) is 0.841. The summed E-state index contributed by atoms with van der Waals surface area (Å²) in [7, 11) is 0. The van der Waals surface area contributed by atoms with Crippen molar-refractivity contribution < 1.29 is 9.21 Å². The molecule has 1 aromatic heterocycles. The molecular weight excluding hydrogens is 254 g/mol. The van der Waals surface area contributed by atoms with Gasteiger partial charge in [0.15, 0.2) is 5.89 Å². The summed E-state index contributed by atoms with van der Waals surface area (Å²) in [5, 5.41) is 0. The second-order valence-corrected chi connectivity index (χ2v) is 5.15. The summed E-state index contributed by atoms with van der Waals surface area (Å²) in [6, 6.07) is 5.88. The molecule has 2 N–H and O–H groups in total. The zero-order valence-corrected chi connectivity index (χ0v) is 11.6. The molecule has 0 saturated carbocycles. The van der Waals surface area contributed by atoms with Crippen molar-refractivity contribution in [1.29, 1.82) is 0 Å². The number of benzene rings is 1. The van der Waals surface area contributed by atoms with Gasteiger partial charge in [-0.2, -0.15) is 0 Å². The second kappa shape index (κ2) is 4.67. The fourth-order valence-corrected chi connectivity index (χ4v) is 2.62. The molecule has 1 aromatic carbocycles. The van der Waals surface area contributed by atoms with Crippen LogP contribution in [0.15, 0.2) is 22.6 Å². The maximum Gasteiger partial charge on any atom is 0.291 e. The summed E-state index contributed by atoms with van der Waals surface area (Å²) in [5.74, 6) is 0.763. The third-order valence-electron chi connectivity index (χ3n) is 3.63. The smallest absolute Gasteiger partial charge is 0.291 e. The Hall–Kier alpha value is -2.30. The monoisotopic (exact) mass is 271 g/mol. The van der Waals surface area contributed by atoms with Crippen LogP contribution < -0.4 is 5.73 Å². The van der Waals surface area contributed by atoms with E-state index in [0.29, 0.717) is 30.4 Å². The Bertz CT molecular complexity index is 676. The zero-order chi connectivity index (χ0) is 14.3. The molecule has 0 fully saturated rings. The molecule has 2 aromatic rings. The normalized spacial score (nSPS) is 14.2. The van der Waals surface area contributed by atoms with Gasteiger partial charge in [-0.3, -0.25) is 4.79 Å². The van der Waals surface area contributed by atoms with Crippen molar-refractivity contribution in [3.8, 4) is 0 Å². The average Bonchev–Trinajstić information content (AvgIpc) is 2.76. The molecule has 0 aliphatic carbocycles. The van der Waals surface area contributed by atoms with Crippen LogP contribution in [0.3, 0.4) is 0 Å². The molecule has 1 amide bonds. The maximum absolute atomic E-state index is 12.5. The lowest BCUT2D eigenvalue weighted by Gasteiger charge is -2.28. The molecule has 1 aliphatic rings. The maximum atomic E-state index is 12.5. The van der Waals surface area contributed by atoms with Crippen molar-refractivity contribution in [1.82, 2.24) is 9.88 Å². The van der Waals surface area contributed by atoms with Crippen molar-refractivity contribution in [2.45, 2.75) is 26.8 Å². The molecule has 5 heteroatoms. The molecule has 104 valence electrons. The van der Waals surface area contributed by atoms with Crippen LogP contribution in [0.2, 0.25) is 0 Å². The molecule has 2 heterocycles. The van der Waals surface area contributed by atoms with Gasteiger partial charge in [-0.15, -0.1) is 0 Å². The second-order valence-electron chi connectivity index (χ2n) is 5.15. The minimum absolute atomic E-state index is 0.101. The van der Waals surface area contributed by atoms with Crippen molar-refractivity contribution in [2.24, 2.45) is 0 Å².